The SMILES string of the molecule is O=C1NCCN(C(=O)c2cccc(CN3CCCCCC3)c2)C1CCO. The lowest BCUT2D eigenvalue weighted by molar-refractivity contribution is -0.128. The zero-order chi connectivity index (χ0) is 18.4. The number of carbonyl (C=O) groups is 2. The van der Waals surface area contributed by atoms with Crippen molar-refractivity contribution >= 4 is 11.8 Å². The van der Waals surface area contributed by atoms with E-state index >= 15 is 0 Å². The molecule has 1 aromatic rings. The lowest BCUT2D eigenvalue weighted by Gasteiger charge is -2.35. The summed E-state index contributed by atoms with van der Waals surface area (Å²) in [5.41, 5.74) is 1.76. The number of aliphatic hydroxyl groups excluding tert-OH is 1. The topological polar surface area (TPSA) is 72.9 Å². The van der Waals surface area contributed by atoms with Crippen LogP contribution in [0.3, 0.4) is 0 Å². The molecule has 2 heterocycles. The summed E-state index contributed by atoms with van der Waals surface area (Å²) in [6.45, 7) is 3.91. The Kier molecular flexibility index (Phi) is 6.63. The molecular weight excluding hydrogens is 330 g/mol. The third-order valence-corrected chi connectivity index (χ3v) is 5.27. The molecule has 6 heteroatoms. The molecule has 2 fully saturated rings. The van der Waals surface area contributed by atoms with Gasteiger partial charge >= 0.3 is 0 Å². The summed E-state index contributed by atoms with van der Waals surface area (Å²) < 4.78 is 0. The van der Waals surface area contributed by atoms with E-state index in [1.54, 1.807) is 4.90 Å². The lowest BCUT2D eigenvalue weighted by atomic mass is 10.0. The van der Waals surface area contributed by atoms with Gasteiger partial charge in [-0.1, -0.05) is 25.0 Å². The molecule has 1 aromatic carbocycles. The zero-order valence-electron chi connectivity index (χ0n) is 15.3. The lowest BCUT2D eigenvalue weighted by Crippen LogP contribution is -2.57. The van der Waals surface area contributed by atoms with Gasteiger partial charge in [-0.2, -0.15) is 0 Å². The van der Waals surface area contributed by atoms with Crippen LogP contribution in [0.2, 0.25) is 0 Å². The number of piperazine rings is 1. The van der Waals surface area contributed by atoms with Crippen LogP contribution in [0.5, 0.6) is 0 Å². The third kappa shape index (κ3) is 4.62. The summed E-state index contributed by atoms with van der Waals surface area (Å²) in [6.07, 6.45) is 5.36. The number of likely N-dealkylation sites (tertiary alicyclic amines) is 1. The highest BCUT2D eigenvalue weighted by Gasteiger charge is 2.33. The number of aliphatic hydroxyl groups is 1. The van der Waals surface area contributed by atoms with Crippen molar-refractivity contribution in [3.8, 4) is 0 Å². The van der Waals surface area contributed by atoms with Crippen LogP contribution in [0, 0.1) is 0 Å². The highest BCUT2D eigenvalue weighted by Crippen LogP contribution is 2.17. The van der Waals surface area contributed by atoms with Crippen molar-refractivity contribution in [2.75, 3.05) is 32.8 Å². The largest absolute Gasteiger partial charge is 0.396 e. The molecule has 1 atom stereocenters. The predicted molar refractivity (Wildman–Crippen MR) is 99.7 cm³/mol. The van der Waals surface area contributed by atoms with Crippen LogP contribution in [0.4, 0.5) is 0 Å². The van der Waals surface area contributed by atoms with E-state index in [-0.39, 0.29) is 24.8 Å². The van der Waals surface area contributed by atoms with Crippen molar-refractivity contribution in [3.05, 3.63) is 35.4 Å². The van der Waals surface area contributed by atoms with Crippen molar-refractivity contribution in [1.82, 2.24) is 15.1 Å². The summed E-state index contributed by atoms with van der Waals surface area (Å²) >= 11 is 0. The van der Waals surface area contributed by atoms with Crippen LogP contribution in [0.25, 0.3) is 0 Å². The minimum Gasteiger partial charge on any atom is -0.396 e. The Morgan fingerprint density at radius 3 is 2.65 bits per heavy atom. The summed E-state index contributed by atoms with van der Waals surface area (Å²) in [4.78, 5) is 29.1. The van der Waals surface area contributed by atoms with Crippen LogP contribution >= 0.6 is 0 Å². The van der Waals surface area contributed by atoms with E-state index in [1.165, 1.54) is 25.7 Å². The van der Waals surface area contributed by atoms with Gasteiger partial charge < -0.3 is 15.3 Å². The highest BCUT2D eigenvalue weighted by molar-refractivity contribution is 5.98. The minimum atomic E-state index is -0.587. The molecule has 0 spiro atoms. The summed E-state index contributed by atoms with van der Waals surface area (Å²) in [6, 6.07) is 7.17. The molecule has 0 radical (unpaired) electrons. The van der Waals surface area contributed by atoms with E-state index < -0.39 is 6.04 Å². The van der Waals surface area contributed by atoms with Crippen molar-refractivity contribution in [3.63, 3.8) is 0 Å². The van der Waals surface area contributed by atoms with E-state index in [0.717, 1.165) is 25.2 Å². The first-order valence-corrected chi connectivity index (χ1v) is 9.70. The second-order valence-electron chi connectivity index (χ2n) is 7.21. The molecule has 2 amide bonds. The second kappa shape index (κ2) is 9.14. The van der Waals surface area contributed by atoms with Gasteiger partial charge in [0.2, 0.25) is 5.91 Å². The molecule has 26 heavy (non-hydrogen) atoms. The van der Waals surface area contributed by atoms with Gasteiger partial charge in [0.1, 0.15) is 6.04 Å². The smallest absolute Gasteiger partial charge is 0.254 e. The number of benzene rings is 1. The molecule has 142 valence electrons. The number of carbonyl (C=O) groups excluding carboxylic acids is 2. The number of nitrogens with zero attached hydrogens (tertiary/aromatic N) is 2. The van der Waals surface area contributed by atoms with Crippen LogP contribution in [0.1, 0.15) is 48.0 Å². The molecule has 2 aliphatic heterocycles. The van der Waals surface area contributed by atoms with E-state index in [1.807, 2.05) is 18.2 Å². The fourth-order valence-electron chi connectivity index (χ4n) is 3.89. The molecule has 6 nitrogen and oxygen atoms in total. The van der Waals surface area contributed by atoms with Gasteiger partial charge in [-0.05, 0) is 50.0 Å². The van der Waals surface area contributed by atoms with Crippen molar-refractivity contribution < 1.29 is 14.7 Å². The number of hydrogen-bond acceptors (Lipinski definition) is 4. The highest BCUT2D eigenvalue weighted by atomic mass is 16.3. The Labute approximate surface area is 155 Å². The van der Waals surface area contributed by atoms with Crippen LogP contribution in [-0.4, -0.2) is 65.5 Å². The fraction of sp³-hybridized carbons (Fsp3) is 0.600. The van der Waals surface area contributed by atoms with E-state index in [0.29, 0.717) is 18.7 Å². The monoisotopic (exact) mass is 359 g/mol. The zero-order valence-corrected chi connectivity index (χ0v) is 15.3. The molecule has 0 bridgehead atoms. The van der Waals surface area contributed by atoms with Crippen molar-refractivity contribution in [1.29, 1.82) is 0 Å². The molecule has 2 aliphatic rings. The summed E-state index contributed by atoms with van der Waals surface area (Å²) in [5.74, 6) is -0.310. The summed E-state index contributed by atoms with van der Waals surface area (Å²) in [5, 5.41) is 12.0. The van der Waals surface area contributed by atoms with Crippen LogP contribution in [0.15, 0.2) is 24.3 Å². The van der Waals surface area contributed by atoms with Gasteiger partial charge in [0.25, 0.3) is 5.91 Å². The second-order valence-corrected chi connectivity index (χ2v) is 7.21. The van der Waals surface area contributed by atoms with Gasteiger partial charge in [0.15, 0.2) is 0 Å². The third-order valence-electron chi connectivity index (χ3n) is 5.27. The number of nitrogens with one attached hydrogen (secondary N) is 1. The Morgan fingerprint density at radius 2 is 1.92 bits per heavy atom. The number of amides is 2. The fourth-order valence-corrected chi connectivity index (χ4v) is 3.89. The maximum atomic E-state index is 13.0. The molecule has 0 aliphatic carbocycles. The van der Waals surface area contributed by atoms with Gasteiger partial charge in [-0.15, -0.1) is 0 Å². The molecule has 2 saturated heterocycles. The first kappa shape index (κ1) is 18.9. The van der Waals surface area contributed by atoms with E-state index in [2.05, 4.69) is 16.3 Å². The Morgan fingerprint density at radius 1 is 1.15 bits per heavy atom. The van der Waals surface area contributed by atoms with Gasteiger partial charge in [-0.25, -0.2) is 0 Å². The Hall–Kier alpha value is -1.92. The van der Waals surface area contributed by atoms with Crippen molar-refractivity contribution in [2.45, 2.75) is 44.7 Å². The molecule has 0 saturated carbocycles. The predicted octanol–water partition coefficient (Wildman–Crippen LogP) is 1.39. The Balaban J connectivity index is 1.71. The minimum absolute atomic E-state index is 0.114. The van der Waals surface area contributed by atoms with Gasteiger partial charge in [0.05, 0.1) is 0 Å². The molecule has 0 aromatic heterocycles. The Bertz CT molecular complexity index is 626. The maximum absolute atomic E-state index is 13.0. The maximum Gasteiger partial charge on any atom is 0.254 e. The van der Waals surface area contributed by atoms with Crippen LogP contribution in [-0.2, 0) is 11.3 Å². The number of hydrogen-bond donors (Lipinski definition) is 2. The molecule has 3 rings (SSSR count). The van der Waals surface area contributed by atoms with Gasteiger partial charge in [0, 0.05) is 31.8 Å². The average molecular weight is 359 g/mol. The summed E-state index contributed by atoms with van der Waals surface area (Å²) in [7, 11) is 0. The van der Waals surface area contributed by atoms with E-state index in [9.17, 15) is 14.7 Å². The van der Waals surface area contributed by atoms with Crippen molar-refractivity contribution in [2.24, 2.45) is 0 Å². The standard InChI is InChI=1S/C20H29N3O3/c24-13-8-18-19(25)21-9-12-23(18)20(26)17-7-5-6-16(14-17)15-22-10-3-1-2-4-11-22/h5-7,14,18,24H,1-4,8-13,15H2,(H,21,25). The van der Waals surface area contributed by atoms with Gasteiger partial charge in [-0.3, -0.25) is 14.5 Å². The first-order chi connectivity index (χ1) is 12.7. The van der Waals surface area contributed by atoms with Crippen LogP contribution < -0.4 is 5.32 Å². The molecule has 1 unspecified atom stereocenters. The quantitative estimate of drug-likeness (QED) is 0.833. The first-order valence-electron chi connectivity index (χ1n) is 9.70. The number of rotatable bonds is 5. The normalized spacial score (nSPS) is 22.0. The molecular formula is C20H29N3O3. The average Bonchev–Trinajstić information content (AvgIpc) is 2.92. The molecule has 2 N–H and O–H groups in total. The van der Waals surface area contributed by atoms with E-state index in [4.69, 9.17) is 0 Å².